The Morgan fingerprint density at radius 1 is 0.607 bits per heavy atom. The third-order valence-corrected chi connectivity index (χ3v) is 13.3. The monoisotopic (exact) mass is 380 g/mol. The lowest BCUT2D eigenvalue weighted by Crippen LogP contribution is -2.44. The fourth-order valence-electron chi connectivity index (χ4n) is 6.06. The van der Waals surface area contributed by atoms with E-state index in [0.29, 0.717) is 0 Å². The van der Waals surface area contributed by atoms with Gasteiger partial charge in [0.15, 0.2) is 0 Å². The molecule has 0 amide bonds. The van der Waals surface area contributed by atoms with Crippen LogP contribution in [-0.4, -0.2) is 8.07 Å². The highest BCUT2D eigenvalue weighted by molar-refractivity contribution is 6.87. The molecule has 0 atom stereocenters. The minimum absolute atomic E-state index is 0.0853. The first kappa shape index (κ1) is 17.7. The van der Waals surface area contributed by atoms with E-state index in [4.69, 9.17) is 0 Å². The molecule has 28 heavy (non-hydrogen) atoms. The molecule has 1 spiro atoms. The summed E-state index contributed by atoms with van der Waals surface area (Å²) in [4.78, 5) is 0. The molecule has 140 valence electrons. The van der Waals surface area contributed by atoms with Crippen molar-refractivity contribution >= 4 is 14.1 Å². The molecule has 3 aromatic carbocycles. The van der Waals surface area contributed by atoms with Crippen LogP contribution in [0.1, 0.15) is 43.0 Å². The van der Waals surface area contributed by atoms with Crippen molar-refractivity contribution in [3.05, 3.63) is 100 Å². The molecule has 1 heteroatoms. The topological polar surface area (TPSA) is 0 Å². The molecule has 0 saturated carbocycles. The van der Waals surface area contributed by atoms with Gasteiger partial charge in [-0.1, -0.05) is 123 Å². The Bertz CT molecular complexity index is 1030. The van der Waals surface area contributed by atoms with Crippen LogP contribution in [0, 0.1) is 0 Å². The van der Waals surface area contributed by atoms with Crippen LogP contribution >= 0.6 is 0 Å². The van der Waals surface area contributed by atoms with Crippen LogP contribution in [-0.2, 0) is 5.41 Å². The first-order valence-corrected chi connectivity index (χ1v) is 13.4. The third-order valence-electron chi connectivity index (χ3n) is 7.62. The molecule has 0 fully saturated rings. The Hall–Kier alpha value is -2.38. The van der Waals surface area contributed by atoms with Crippen LogP contribution in [0.5, 0.6) is 0 Å². The van der Waals surface area contributed by atoms with Crippen molar-refractivity contribution in [2.24, 2.45) is 0 Å². The van der Waals surface area contributed by atoms with Gasteiger partial charge in [-0.05, 0) is 33.4 Å². The number of fused-ring (bicyclic) bond motifs is 7. The van der Waals surface area contributed by atoms with E-state index in [1.165, 1.54) is 51.5 Å². The number of rotatable bonds is 4. The molecule has 0 aliphatic heterocycles. The van der Waals surface area contributed by atoms with E-state index in [1.54, 1.807) is 5.20 Å². The van der Waals surface area contributed by atoms with Crippen LogP contribution in [0.25, 0.3) is 17.2 Å². The van der Waals surface area contributed by atoms with Gasteiger partial charge < -0.3 is 0 Å². The van der Waals surface area contributed by atoms with Crippen molar-refractivity contribution in [1.82, 2.24) is 0 Å². The SMILES string of the molecule is CC[Si](CC)(CC)C1=Cc2ccccc2C12c1ccccc1-c1ccccc12. The fraction of sp³-hybridized carbons (Fsp3) is 0.259. The van der Waals surface area contributed by atoms with Gasteiger partial charge in [-0.3, -0.25) is 0 Å². The summed E-state index contributed by atoms with van der Waals surface area (Å²) >= 11 is 0. The third kappa shape index (κ3) is 2.01. The highest BCUT2D eigenvalue weighted by Crippen LogP contribution is 2.62. The van der Waals surface area contributed by atoms with E-state index < -0.39 is 8.07 Å². The van der Waals surface area contributed by atoms with Crippen molar-refractivity contribution in [2.45, 2.75) is 44.3 Å². The lowest BCUT2D eigenvalue weighted by molar-refractivity contribution is 0.789. The molecule has 3 aromatic rings. The summed E-state index contributed by atoms with van der Waals surface area (Å²) in [7, 11) is -1.60. The fourth-order valence-corrected chi connectivity index (χ4v) is 10.4. The second-order valence-corrected chi connectivity index (χ2v) is 13.5. The number of hydrogen-bond donors (Lipinski definition) is 0. The van der Waals surface area contributed by atoms with E-state index in [1.807, 2.05) is 0 Å². The van der Waals surface area contributed by atoms with E-state index in [-0.39, 0.29) is 5.41 Å². The molecule has 0 radical (unpaired) electrons. The molecular formula is C27H28Si. The van der Waals surface area contributed by atoms with Crippen LogP contribution in [0.15, 0.2) is 78.0 Å². The van der Waals surface area contributed by atoms with Crippen LogP contribution in [0.2, 0.25) is 18.1 Å². The standard InChI is InChI=1S/C27H28Si/c1-4-28(5-2,6-3)26-19-20-13-7-10-16-23(20)27(26)24-17-11-8-14-21(24)22-15-9-12-18-25(22)27/h7-19H,4-6H2,1-3H3. The summed E-state index contributed by atoms with van der Waals surface area (Å²) in [6.45, 7) is 7.30. The zero-order chi connectivity index (χ0) is 19.4. The van der Waals surface area contributed by atoms with E-state index in [0.717, 1.165) is 0 Å². The maximum atomic E-state index is 2.59. The lowest BCUT2D eigenvalue weighted by Gasteiger charge is -2.42. The molecule has 0 saturated heterocycles. The van der Waals surface area contributed by atoms with Crippen molar-refractivity contribution in [3.63, 3.8) is 0 Å². The number of allylic oxidation sites excluding steroid dienone is 1. The maximum absolute atomic E-state index is 2.59. The molecule has 5 rings (SSSR count). The molecule has 0 unspecified atom stereocenters. The van der Waals surface area contributed by atoms with Gasteiger partial charge in [0.25, 0.3) is 0 Å². The van der Waals surface area contributed by atoms with Crippen LogP contribution < -0.4 is 0 Å². The predicted octanol–water partition coefficient (Wildman–Crippen LogP) is 7.45. The number of hydrogen-bond acceptors (Lipinski definition) is 0. The summed E-state index contributed by atoms with van der Waals surface area (Å²) < 4.78 is 0. The van der Waals surface area contributed by atoms with E-state index in [2.05, 4.69) is 99.6 Å². The Morgan fingerprint density at radius 3 is 1.61 bits per heavy atom. The van der Waals surface area contributed by atoms with Gasteiger partial charge in [0.2, 0.25) is 0 Å². The summed E-state index contributed by atoms with van der Waals surface area (Å²) in [6.07, 6.45) is 2.59. The van der Waals surface area contributed by atoms with E-state index >= 15 is 0 Å². The zero-order valence-electron chi connectivity index (χ0n) is 17.1. The van der Waals surface area contributed by atoms with Gasteiger partial charge in [0.05, 0.1) is 13.5 Å². The smallest absolute Gasteiger partial charge is 0.0675 e. The molecule has 2 aliphatic rings. The van der Waals surface area contributed by atoms with Gasteiger partial charge in [-0.15, -0.1) is 0 Å². The van der Waals surface area contributed by atoms with Crippen molar-refractivity contribution in [1.29, 1.82) is 0 Å². The van der Waals surface area contributed by atoms with Crippen LogP contribution in [0.3, 0.4) is 0 Å². The average Bonchev–Trinajstić information content (AvgIpc) is 3.26. The van der Waals surface area contributed by atoms with Crippen molar-refractivity contribution in [3.8, 4) is 11.1 Å². The van der Waals surface area contributed by atoms with Gasteiger partial charge >= 0.3 is 0 Å². The van der Waals surface area contributed by atoms with Crippen LogP contribution in [0.4, 0.5) is 0 Å². The molecular weight excluding hydrogens is 352 g/mol. The molecule has 2 aliphatic carbocycles. The highest BCUT2D eigenvalue weighted by atomic mass is 28.3. The zero-order valence-corrected chi connectivity index (χ0v) is 18.1. The van der Waals surface area contributed by atoms with Gasteiger partial charge in [-0.2, -0.15) is 0 Å². The Labute approximate surface area is 170 Å². The van der Waals surface area contributed by atoms with Gasteiger partial charge in [0, 0.05) is 0 Å². The first-order valence-electron chi connectivity index (χ1n) is 10.7. The van der Waals surface area contributed by atoms with Gasteiger partial charge in [-0.25, -0.2) is 0 Å². The molecule has 0 N–H and O–H groups in total. The summed E-state index contributed by atoms with van der Waals surface area (Å²) in [6, 6.07) is 31.4. The normalized spacial score (nSPS) is 15.9. The summed E-state index contributed by atoms with van der Waals surface area (Å²) in [5.74, 6) is 0. The maximum Gasteiger partial charge on any atom is 0.0828 e. The first-order chi connectivity index (χ1) is 13.7. The Kier molecular flexibility index (Phi) is 3.99. The van der Waals surface area contributed by atoms with Crippen molar-refractivity contribution < 1.29 is 0 Å². The number of benzene rings is 3. The molecule has 0 aromatic heterocycles. The lowest BCUT2D eigenvalue weighted by atomic mass is 9.74. The minimum atomic E-state index is -1.60. The van der Waals surface area contributed by atoms with Crippen molar-refractivity contribution in [2.75, 3.05) is 0 Å². The summed E-state index contributed by atoms with van der Waals surface area (Å²) in [5.41, 5.74) is 8.68. The predicted molar refractivity (Wildman–Crippen MR) is 123 cm³/mol. The molecule has 0 bridgehead atoms. The highest BCUT2D eigenvalue weighted by Gasteiger charge is 2.55. The largest absolute Gasteiger partial charge is 0.0828 e. The second-order valence-electron chi connectivity index (χ2n) is 8.33. The van der Waals surface area contributed by atoms with Gasteiger partial charge in [0.1, 0.15) is 0 Å². The van der Waals surface area contributed by atoms with E-state index in [9.17, 15) is 0 Å². The Balaban J connectivity index is 1.95. The average molecular weight is 381 g/mol. The molecule has 0 heterocycles. The summed E-state index contributed by atoms with van der Waals surface area (Å²) in [5, 5.41) is 1.74. The minimum Gasteiger partial charge on any atom is -0.0675 e. The second kappa shape index (κ2) is 6.32. The quantitative estimate of drug-likeness (QED) is 0.412. The molecule has 0 nitrogen and oxygen atoms in total. The Morgan fingerprint density at radius 2 is 1.07 bits per heavy atom.